The number of para-hydroxylation sites is 1. The fourth-order valence-electron chi connectivity index (χ4n) is 2.87. The standard InChI is InChI=1S/C19H19N3O3S.2ClH/c20-12-9-15-16(25-11-24-15)10-14(12)21-18(23)7-3-4-8-19-22-13-5-1-2-6-17(13)26-19;;/h1-2,5-6,9-10H,3-4,7-8,11,20H2,(H,21,23);2*1H. The second kappa shape index (κ2) is 9.82. The minimum atomic E-state index is -0.0557. The third-order valence-electron chi connectivity index (χ3n) is 4.20. The van der Waals surface area contributed by atoms with Gasteiger partial charge in [-0.3, -0.25) is 4.79 Å². The molecule has 0 bridgehead atoms. The van der Waals surface area contributed by atoms with Gasteiger partial charge in [0.2, 0.25) is 12.7 Å². The molecule has 1 amide bonds. The molecule has 0 saturated heterocycles. The third-order valence-corrected chi connectivity index (χ3v) is 5.30. The number of rotatable bonds is 6. The van der Waals surface area contributed by atoms with Crippen molar-refractivity contribution in [1.29, 1.82) is 0 Å². The van der Waals surface area contributed by atoms with Crippen LogP contribution in [0.1, 0.15) is 24.3 Å². The second-order valence-corrected chi connectivity index (χ2v) is 7.24. The van der Waals surface area contributed by atoms with Crippen LogP contribution in [0.4, 0.5) is 11.4 Å². The first-order valence-electron chi connectivity index (χ1n) is 8.52. The van der Waals surface area contributed by atoms with Gasteiger partial charge in [0, 0.05) is 18.6 Å². The van der Waals surface area contributed by atoms with E-state index in [0.717, 1.165) is 29.8 Å². The predicted molar refractivity (Wildman–Crippen MR) is 117 cm³/mol. The van der Waals surface area contributed by atoms with Gasteiger partial charge in [-0.05, 0) is 31.4 Å². The van der Waals surface area contributed by atoms with E-state index in [4.69, 9.17) is 15.2 Å². The van der Waals surface area contributed by atoms with Crippen LogP contribution in [0.5, 0.6) is 11.5 Å². The van der Waals surface area contributed by atoms with Gasteiger partial charge in [0.25, 0.3) is 0 Å². The van der Waals surface area contributed by atoms with Gasteiger partial charge in [0.1, 0.15) is 0 Å². The zero-order valence-electron chi connectivity index (χ0n) is 15.0. The molecule has 3 N–H and O–H groups in total. The lowest BCUT2D eigenvalue weighted by Gasteiger charge is -2.09. The summed E-state index contributed by atoms with van der Waals surface area (Å²) in [6, 6.07) is 11.5. The largest absolute Gasteiger partial charge is 0.454 e. The van der Waals surface area contributed by atoms with Gasteiger partial charge in [-0.15, -0.1) is 36.2 Å². The maximum Gasteiger partial charge on any atom is 0.231 e. The number of nitrogens with zero attached hydrogens (tertiary/aromatic N) is 1. The molecule has 0 atom stereocenters. The monoisotopic (exact) mass is 441 g/mol. The summed E-state index contributed by atoms with van der Waals surface area (Å²) in [5.74, 6) is 1.15. The quantitative estimate of drug-likeness (QED) is 0.423. The zero-order chi connectivity index (χ0) is 17.9. The van der Waals surface area contributed by atoms with E-state index in [9.17, 15) is 4.79 Å². The summed E-state index contributed by atoms with van der Waals surface area (Å²) in [5.41, 5.74) is 8.03. The van der Waals surface area contributed by atoms with E-state index in [-0.39, 0.29) is 37.5 Å². The van der Waals surface area contributed by atoms with Gasteiger partial charge in [0.05, 0.1) is 26.6 Å². The second-order valence-electron chi connectivity index (χ2n) is 6.12. The van der Waals surface area contributed by atoms with Gasteiger partial charge < -0.3 is 20.5 Å². The molecular weight excluding hydrogens is 421 g/mol. The number of amides is 1. The molecular formula is C19H21Cl2N3O3S. The Hall–Kier alpha value is -2.22. The van der Waals surface area contributed by atoms with Crippen molar-refractivity contribution >= 4 is 63.6 Å². The van der Waals surface area contributed by atoms with Crippen molar-refractivity contribution in [2.45, 2.75) is 25.7 Å². The highest BCUT2D eigenvalue weighted by Crippen LogP contribution is 2.38. The summed E-state index contributed by atoms with van der Waals surface area (Å²) in [7, 11) is 0. The first kappa shape index (κ1) is 22.1. The van der Waals surface area contributed by atoms with E-state index in [1.54, 1.807) is 23.5 Å². The Morgan fingerprint density at radius 1 is 1.14 bits per heavy atom. The van der Waals surface area contributed by atoms with Crippen LogP contribution in [0.2, 0.25) is 0 Å². The van der Waals surface area contributed by atoms with Crippen LogP contribution < -0.4 is 20.5 Å². The molecule has 6 nitrogen and oxygen atoms in total. The van der Waals surface area contributed by atoms with Crippen molar-refractivity contribution in [3.05, 3.63) is 41.4 Å². The maximum atomic E-state index is 12.2. The number of unbranched alkanes of at least 4 members (excludes halogenated alkanes) is 1. The van der Waals surface area contributed by atoms with Crippen LogP contribution in [0.3, 0.4) is 0 Å². The Labute approximate surface area is 179 Å². The Kier molecular flexibility index (Phi) is 7.74. The average molecular weight is 442 g/mol. The fourth-order valence-corrected chi connectivity index (χ4v) is 3.88. The van der Waals surface area contributed by atoms with Gasteiger partial charge in [-0.2, -0.15) is 0 Å². The summed E-state index contributed by atoms with van der Waals surface area (Å²) in [4.78, 5) is 16.8. The smallest absolute Gasteiger partial charge is 0.231 e. The number of hydrogen-bond donors (Lipinski definition) is 2. The number of nitrogens with one attached hydrogen (secondary N) is 1. The molecule has 4 rings (SSSR count). The van der Waals surface area contributed by atoms with Crippen molar-refractivity contribution < 1.29 is 14.3 Å². The summed E-state index contributed by atoms with van der Waals surface area (Å²) < 4.78 is 11.8. The molecule has 0 spiro atoms. The molecule has 0 unspecified atom stereocenters. The molecule has 28 heavy (non-hydrogen) atoms. The highest BCUT2D eigenvalue weighted by atomic mass is 35.5. The lowest BCUT2D eigenvalue weighted by atomic mass is 10.2. The molecule has 0 fully saturated rings. The SMILES string of the molecule is Cl.Cl.Nc1cc2c(cc1NC(=O)CCCCc1nc3ccccc3s1)OCO2. The normalized spacial score (nSPS) is 11.6. The van der Waals surface area contributed by atoms with Crippen LogP contribution in [-0.4, -0.2) is 17.7 Å². The molecule has 0 radical (unpaired) electrons. The van der Waals surface area contributed by atoms with Gasteiger partial charge >= 0.3 is 0 Å². The van der Waals surface area contributed by atoms with Crippen LogP contribution >= 0.6 is 36.2 Å². The van der Waals surface area contributed by atoms with Crippen molar-refractivity contribution in [3.63, 3.8) is 0 Å². The number of nitrogens with two attached hydrogens (primary N) is 1. The summed E-state index contributed by atoms with van der Waals surface area (Å²) in [6.07, 6.45) is 3.05. The van der Waals surface area contributed by atoms with Crippen molar-refractivity contribution in [2.24, 2.45) is 0 Å². The Balaban J connectivity index is 0.00000140. The molecule has 0 aliphatic carbocycles. The van der Waals surface area contributed by atoms with E-state index < -0.39 is 0 Å². The summed E-state index contributed by atoms with van der Waals surface area (Å²) >= 11 is 1.72. The molecule has 150 valence electrons. The molecule has 2 aromatic carbocycles. The van der Waals surface area contributed by atoms with E-state index >= 15 is 0 Å². The topological polar surface area (TPSA) is 86.5 Å². The lowest BCUT2D eigenvalue weighted by Crippen LogP contribution is -2.12. The minimum Gasteiger partial charge on any atom is -0.454 e. The summed E-state index contributed by atoms with van der Waals surface area (Å²) in [6.45, 7) is 0.179. The van der Waals surface area contributed by atoms with Gasteiger partial charge in [0.15, 0.2) is 11.5 Å². The number of hydrogen-bond acceptors (Lipinski definition) is 6. The number of aryl methyl sites for hydroxylation is 1. The van der Waals surface area contributed by atoms with E-state index in [1.807, 2.05) is 18.2 Å². The van der Waals surface area contributed by atoms with Crippen LogP contribution in [0, 0.1) is 0 Å². The highest BCUT2D eigenvalue weighted by Gasteiger charge is 2.17. The summed E-state index contributed by atoms with van der Waals surface area (Å²) in [5, 5.41) is 3.96. The average Bonchev–Trinajstić information content (AvgIpc) is 3.24. The minimum absolute atomic E-state index is 0. The number of benzene rings is 2. The number of carbonyl (C=O) groups excluding carboxylic acids is 1. The molecule has 3 aromatic rings. The van der Waals surface area contributed by atoms with Crippen molar-refractivity contribution in [3.8, 4) is 11.5 Å². The van der Waals surface area contributed by atoms with E-state index in [2.05, 4.69) is 16.4 Å². The molecule has 1 aromatic heterocycles. The maximum absolute atomic E-state index is 12.2. The van der Waals surface area contributed by atoms with E-state index in [1.165, 1.54) is 4.70 Å². The number of anilines is 2. The molecule has 1 aliphatic heterocycles. The first-order valence-corrected chi connectivity index (χ1v) is 9.34. The Morgan fingerprint density at radius 3 is 2.68 bits per heavy atom. The third kappa shape index (κ3) is 4.98. The van der Waals surface area contributed by atoms with E-state index in [0.29, 0.717) is 29.3 Å². The molecule has 9 heteroatoms. The number of carbonyl (C=O) groups is 1. The number of thiazole rings is 1. The number of fused-ring (bicyclic) bond motifs is 2. The predicted octanol–water partition coefficient (Wildman–Crippen LogP) is 4.80. The number of aromatic nitrogens is 1. The van der Waals surface area contributed by atoms with Gasteiger partial charge in [-0.25, -0.2) is 4.98 Å². The Bertz CT molecular complexity index is 932. The number of nitrogen functional groups attached to an aromatic ring is 1. The molecule has 2 heterocycles. The van der Waals surface area contributed by atoms with Crippen LogP contribution in [0.15, 0.2) is 36.4 Å². The first-order chi connectivity index (χ1) is 12.7. The lowest BCUT2D eigenvalue weighted by molar-refractivity contribution is -0.116. The highest BCUT2D eigenvalue weighted by molar-refractivity contribution is 7.18. The molecule has 0 saturated carbocycles. The van der Waals surface area contributed by atoms with Crippen molar-refractivity contribution in [2.75, 3.05) is 17.8 Å². The van der Waals surface area contributed by atoms with Crippen LogP contribution in [0.25, 0.3) is 10.2 Å². The fraction of sp³-hybridized carbons (Fsp3) is 0.263. The zero-order valence-corrected chi connectivity index (χ0v) is 17.4. The number of ether oxygens (including phenoxy) is 2. The van der Waals surface area contributed by atoms with Crippen molar-refractivity contribution in [1.82, 2.24) is 4.98 Å². The number of halogens is 2. The Morgan fingerprint density at radius 2 is 1.89 bits per heavy atom. The van der Waals surface area contributed by atoms with Crippen LogP contribution in [-0.2, 0) is 11.2 Å². The van der Waals surface area contributed by atoms with Gasteiger partial charge in [-0.1, -0.05) is 12.1 Å². The molecule has 1 aliphatic rings.